The molecule has 0 aliphatic heterocycles. The summed E-state index contributed by atoms with van der Waals surface area (Å²) in [7, 11) is -3.32. The van der Waals surface area contributed by atoms with Gasteiger partial charge in [-0.05, 0) is 47.0 Å². The molecule has 0 atom stereocenters. The molecule has 0 fully saturated rings. The molecule has 1 aromatic rings. The van der Waals surface area contributed by atoms with Crippen molar-refractivity contribution in [1.82, 2.24) is 0 Å². The minimum Gasteiger partial charge on any atom is -0.282 e. The Morgan fingerprint density at radius 1 is 1.29 bits per heavy atom. The van der Waals surface area contributed by atoms with Crippen molar-refractivity contribution in [3.8, 4) is 0 Å². The Balaban J connectivity index is 2.69. The lowest BCUT2D eigenvalue weighted by molar-refractivity contribution is 0.598. The van der Waals surface area contributed by atoms with Gasteiger partial charge >= 0.3 is 0 Å². The number of unbranched alkanes of at least 4 members (excludes halogenated alkanes) is 1. The Bertz CT molecular complexity index is 479. The predicted octanol–water partition coefficient (Wildman–Crippen LogP) is 3.86. The molecule has 0 aliphatic rings. The van der Waals surface area contributed by atoms with Crippen molar-refractivity contribution in [3.05, 3.63) is 27.7 Å². The van der Waals surface area contributed by atoms with Crippen LogP contribution in [-0.4, -0.2) is 20.1 Å². The summed E-state index contributed by atoms with van der Waals surface area (Å²) >= 11 is 14.5. The highest BCUT2D eigenvalue weighted by Crippen LogP contribution is 2.26. The number of nitrogens with one attached hydrogen (secondary N) is 1. The number of benzene rings is 1. The van der Waals surface area contributed by atoms with Crippen LogP contribution in [0.5, 0.6) is 0 Å². The third kappa shape index (κ3) is 5.46. The van der Waals surface area contributed by atoms with E-state index < -0.39 is 10.0 Å². The Hall–Kier alpha value is 0.0300. The van der Waals surface area contributed by atoms with E-state index in [1.807, 2.05) is 0 Å². The summed E-state index contributed by atoms with van der Waals surface area (Å²) in [4.78, 5) is 0. The van der Waals surface area contributed by atoms with Gasteiger partial charge in [-0.15, -0.1) is 11.6 Å². The molecule has 7 heteroatoms. The van der Waals surface area contributed by atoms with Crippen molar-refractivity contribution >= 4 is 54.8 Å². The minimum atomic E-state index is -3.32. The van der Waals surface area contributed by atoms with E-state index in [2.05, 4.69) is 20.7 Å². The van der Waals surface area contributed by atoms with Crippen molar-refractivity contribution < 1.29 is 8.42 Å². The Labute approximate surface area is 120 Å². The van der Waals surface area contributed by atoms with Crippen molar-refractivity contribution in [3.63, 3.8) is 0 Å². The van der Waals surface area contributed by atoms with Crippen molar-refractivity contribution in [2.45, 2.75) is 12.8 Å². The monoisotopic (exact) mass is 359 g/mol. The first-order chi connectivity index (χ1) is 7.94. The van der Waals surface area contributed by atoms with E-state index in [4.69, 9.17) is 23.2 Å². The van der Waals surface area contributed by atoms with Crippen LogP contribution in [0.2, 0.25) is 5.02 Å². The van der Waals surface area contributed by atoms with Crippen LogP contribution in [0.25, 0.3) is 0 Å². The van der Waals surface area contributed by atoms with E-state index in [9.17, 15) is 8.42 Å². The molecule has 3 nitrogen and oxygen atoms in total. The number of hydrogen-bond donors (Lipinski definition) is 1. The zero-order valence-corrected chi connectivity index (χ0v) is 12.8. The number of alkyl halides is 1. The Kier molecular flexibility index (Phi) is 6.06. The van der Waals surface area contributed by atoms with Crippen LogP contribution in [-0.2, 0) is 10.0 Å². The van der Waals surface area contributed by atoms with Gasteiger partial charge < -0.3 is 0 Å². The Morgan fingerprint density at radius 3 is 2.59 bits per heavy atom. The molecule has 96 valence electrons. The topological polar surface area (TPSA) is 46.2 Å². The summed E-state index contributed by atoms with van der Waals surface area (Å²) in [5, 5.41) is 0.543. The fourth-order valence-electron chi connectivity index (χ4n) is 1.18. The number of anilines is 1. The van der Waals surface area contributed by atoms with Gasteiger partial charge in [-0.3, -0.25) is 4.72 Å². The zero-order chi connectivity index (χ0) is 12.9. The SMILES string of the molecule is O=S(=O)(CCCCCl)Nc1ccc(Cl)cc1Br. The van der Waals surface area contributed by atoms with Crippen LogP contribution >= 0.6 is 39.1 Å². The number of rotatable bonds is 6. The molecule has 17 heavy (non-hydrogen) atoms. The average Bonchev–Trinajstić information content (AvgIpc) is 2.22. The van der Waals surface area contributed by atoms with Gasteiger partial charge in [-0.2, -0.15) is 0 Å². The quantitative estimate of drug-likeness (QED) is 0.618. The minimum absolute atomic E-state index is 0.0643. The van der Waals surface area contributed by atoms with Crippen LogP contribution in [0.3, 0.4) is 0 Å². The lowest BCUT2D eigenvalue weighted by Gasteiger charge is -2.09. The molecular formula is C10H12BrCl2NO2S. The molecular weight excluding hydrogens is 349 g/mol. The maximum atomic E-state index is 11.7. The van der Waals surface area contributed by atoms with Gasteiger partial charge in [0.05, 0.1) is 11.4 Å². The standard InChI is InChI=1S/C10H12BrCl2NO2S/c11-9-7-8(13)3-4-10(9)14-17(15,16)6-2-1-5-12/h3-4,7,14H,1-2,5-6H2. The molecule has 0 radical (unpaired) electrons. The molecule has 0 heterocycles. The number of halogens is 3. The summed E-state index contributed by atoms with van der Waals surface area (Å²) in [6.07, 6.45) is 1.23. The molecule has 0 amide bonds. The van der Waals surface area contributed by atoms with E-state index in [1.54, 1.807) is 18.2 Å². The predicted molar refractivity (Wildman–Crippen MR) is 76.5 cm³/mol. The molecule has 1 rings (SSSR count). The fraction of sp³-hybridized carbons (Fsp3) is 0.400. The smallest absolute Gasteiger partial charge is 0.232 e. The number of sulfonamides is 1. The molecule has 1 aromatic carbocycles. The highest BCUT2D eigenvalue weighted by molar-refractivity contribution is 9.10. The normalized spacial score (nSPS) is 11.5. The van der Waals surface area contributed by atoms with Gasteiger partial charge in [0, 0.05) is 15.4 Å². The van der Waals surface area contributed by atoms with Gasteiger partial charge in [-0.25, -0.2) is 8.42 Å². The van der Waals surface area contributed by atoms with Crippen molar-refractivity contribution in [1.29, 1.82) is 0 Å². The third-order valence-corrected chi connectivity index (χ3v) is 4.51. The van der Waals surface area contributed by atoms with Crippen LogP contribution < -0.4 is 4.72 Å². The lowest BCUT2D eigenvalue weighted by Crippen LogP contribution is -2.17. The molecule has 0 spiro atoms. The van der Waals surface area contributed by atoms with E-state index in [0.29, 0.717) is 33.9 Å². The van der Waals surface area contributed by atoms with Crippen LogP contribution in [0.1, 0.15) is 12.8 Å². The molecule has 0 saturated heterocycles. The second-order valence-corrected chi connectivity index (χ2v) is 6.95. The van der Waals surface area contributed by atoms with Crippen LogP contribution in [0.4, 0.5) is 5.69 Å². The van der Waals surface area contributed by atoms with E-state index in [1.165, 1.54) is 0 Å². The highest BCUT2D eigenvalue weighted by atomic mass is 79.9. The second kappa shape index (κ2) is 6.83. The molecule has 0 aromatic heterocycles. The van der Waals surface area contributed by atoms with Gasteiger partial charge in [0.1, 0.15) is 0 Å². The fourth-order valence-corrected chi connectivity index (χ4v) is 3.48. The second-order valence-electron chi connectivity index (χ2n) is 3.44. The maximum Gasteiger partial charge on any atom is 0.232 e. The van der Waals surface area contributed by atoms with Gasteiger partial charge in [-0.1, -0.05) is 11.6 Å². The van der Waals surface area contributed by atoms with Crippen LogP contribution in [0, 0.1) is 0 Å². The molecule has 1 N–H and O–H groups in total. The summed E-state index contributed by atoms with van der Waals surface area (Å²) in [6.45, 7) is 0. The third-order valence-electron chi connectivity index (χ3n) is 1.99. The summed E-state index contributed by atoms with van der Waals surface area (Å²) in [5.41, 5.74) is 0.486. The van der Waals surface area contributed by atoms with Crippen LogP contribution in [0.15, 0.2) is 22.7 Å². The largest absolute Gasteiger partial charge is 0.282 e. The highest BCUT2D eigenvalue weighted by Gasteiger charge is 2.11. The summed E-state index contributed by atoms with van der Waals surface area (Å²) in [5.74, 6) is 0.537. The number of hydrogen-bond acceptors (Lipinski definition) is 2. The molecule has 0 aliphatic carbocycles. The average molecular weight is 361 g/mol. The zero-order valence-electron chi connectivity index (χ0n) is 8.92. The molecule has 0 unspecified atom stereocenters. The maximum absolute atomic E-state index is 11.7. The molecule has 0 bridgehead atoms. The van der Waals surface area contributed by atoms with E-state index in [0.717, 1.165) is 0 Å². The van der Waals surface area contributed by atoms with Crippen molar-refractivity contribution in [2.75, 3.05) is 16.4 Å². The van der Waals surface area contributed by atoms with E-state index in [-0.39, 0.29) is 5.75 Å². The molecule has 0 saturated carbocycles. The first kappa shape index (κ1) is 15.1. The summed E-state index contributed by atoms with van der Waals surface area (Å²) in [6, 6.07) is 4.88. The van der Waals surface area contributed by atoms with Gasteiger partial charge in [0.2, 0.25) is 10.0 Å². The first-order valence-corrected chi connectivity index (χ1v) is 8.32. The van der Waals surface area contributed by atoms with E-state index >= 15 is 0 Å². The van der Waals surface area contributed by atoms with Gasteiger partial charge in [0.25, 0.3) is 0 Å². The van der Waals surface area contributed by atoms with Gasteiger partial charge in [0.15, 0.2) is 0 Å². The lowest BCUT2D eigenvalue weighted by atomic mass is 10.3. The van der Waals surface area contributed by atoms with Crippen molar-refractivity contribution in [2.24, 2.45) is 0 Å². The first-order valence-electron chi connectivity index (χ1n) is 4.96. The summed E-state index contributed by atoms with van der Waals surface area (Å²) < 4.78 is 26.5. The Morgan fingerprint density at radius 2 is 2.00 bits per heavy atom.